The molecule has 2 unspecified atom stereocenters. The fourth-order valence-electron chi connectivity index (χ4n) is 2.66. The number of rotatable bonds is 3. The zero-order valence-electron chi connectivity index (χ0n) is 14.7. The van der Waals surface area contributed by atoms with E-state index < -0.39 is 6.04 Å². The molecule has 2 atom stereocenters. The summed E-state index contributed by atoms with van der Waals surface area (Å²) < 4.78 is 6.29. The summed E-state index contributed by atoms with van der Waals surface area (Å²) >= 11 is 5.02. The van der Waals surface area contributed by atoms with Crippen molar-refractivity contribution in [1.82, 2.24) is 4.90 Å². The number of esters is 1. The van der Waals surface area contributed by atoms with Crippen LogP contribution in [0.2, 0.25) is 0 Å². The van der Waals surface area contributed by atoms with Gasteiger partial charge in [0.05, 0.1) is 11.5 Å². The standard InChI is InChI=1S/C18H24BrNO3S/c1-11(2)23-16(22)14-10-24-17(18(3,4)5)20(14)15(21)12-6-8-13(19)9-7-12/h6-9,11,14,17H,10H2,1-5H3. The second-order valence-corrected chi connectivity index (χ2v) is 9.30. The van der Waals surface area contributed by atoms with Gasteiger partial charge < -0.3 is 9.64 Å². The number of halogens is 1. The molecule has 132 valence electrons. The first-order valence-corrected chi connectivity index (χ1v) is 9.85. The van der Waals surface area contributed by atoms with Crippen molar-refractivity contribution in [1.29, 1.82) is 0 Å². The normalized spacial score (nSPS) is 21.2. The van der Waals surface area contributed by atoms with E-state index in [4.69, 9.17) is 4.74 Å². The van der Waals surface area contributed by atoms with E-state index in [-0.39, 0.29) is 28.8 Å². The zero-order chi connectivity index (χ0) is 18.1. The smallest absolute Gasteiger partial charge is 0.330 e. The summed E-state index contributed by atoms with van der Waals surface area (Å²) in [5, 5.41) is -0.0710. The number of carbonyl (C=O) groups is 2. The second-order valence-electron chi connectivity index (χ2n) is 7.27. The molecule has 1 fully saturated rings. The Morgan fingerprint density at radius 1 is 1.25 bits per heavy atom. The van der Waals surface area contributed by atoms with Gasteiger partial charge in [-0.3, -0.25) is 4.79 Å². The summed E-state index contributed by atoms with van der Waals surface area (Å²) in [5.41, 5.74) is 0.444. The van der Waals surface area contributed by atoms with Crippen LogP contribution in [0.15, 0.2) is 28.7 Å². The molecule has 4 nitrogen and oxygen atoms in total. The first-order chi connectivity index (χ1) is 11.1. The quantitative estimate of drug-likeness (QED) is 0.691. The SMILES string of the molecule is CC(C)OC(=O)C1CSC(C(C)(C)C)N1C(=O)c1ccc(Br)cc1. The monoisotopic (exact) mass is 413 g/mol. The molecule has 0 saturated carbocycles. The molecule has 1 saturated heterocycles. The minimum absolute atomic E-state index is 0.0710. The van der Waals surface area contributed by atoms with E-state index in [2.05, 4.69) is 36.7 Å². The molecule has 1 heterocycles. The highest BCUT2D eigenvalue weighted by Gasteiger charge is 2.47. The number of carbonyl (C=O) groups excluding carboxylic acids is 2. The van der Waals surface area contributed by atoms with Gasteiger partial charge in [0.25, 0.3) is 5.91 Å². The van der Waals surface area contributed by atoms with Crippen molar-refractivity contribution >= 4 is 39.6 Å². The molecule has 1 aromatic carbocycles. The molecular weight excluding hydrogens is 390 g/mol. The Morgan fingerprint density at radius 2 is 1.83 bits per heavy atom. The Balaban J connectivity index is 2.34. The van der Waals surface area contributed by atoms with Crippen LogP contribution in [-0.2, 0) is 9.53 Å². The summed E-state index contributed by atoms with van der Waals surface area (Å²) in [6, 6.07) is 6.69. The predicted molar refractivity (Wildman–Crippen MR) is 101 cm³/mol. The zero-order valence-corrected chi connectivity index (χ0v) is 17.1. The number of amides is 1. The molecule has 6 heteroatoms. The van der Waals surface area contributed by atoms with Crippen LogP contribution in [0.1, 0.15) is 45.0 Å². The molecule has 0 bridgehead atoms. The Morgan fingerprint density at radius 3 is 2.33 bits per heavy atom. The molecule has 1 aliphatic rings. The molecular formula is C18H24BrNO3S. The number of ether oxygens (including phenoxy) is 1. The summed E-state index contributed by atoms with van der Waals surface area (Å²) in [7, 11) is 0. The van der Waals surface area contributed by atoms with Crippen molar-refractivity contribution in [2.45, 2.75) is 52.1 Å². The minimum atomic E-state index is -0.544. The molecule has 1 amide bonds. The van der Waals surface area contributed by atoms with Crippen molar-refractivity contribution < 1.29 is 14.3 Å². The van der Waals surface area contributed by atoms with Gasteiger partial charge in [-0.2, -0.15) is 0 Å². The van der Waals surface area contributed by atoms with Crippen molar-refractivity contribution in [2.75, 3.05) is 5.75 Å². The van der Waals surface area contributed by atoms with Gasteiger partial charge >= 0.3 is 5.97 Å². The molecule has 0 aliphatic carbocycles. The van der Waals surface area contributed by atoms with Gasteiger partial charge in [0.2, 0.25) is 0 Å². The van der Waals surface area contributed by atoms with Crippen molar-refractivity contribution in [2.24, 2.45) is 5.41 Å². The first-order valence-electron chi connectivity index (χ1n) is 8.01. The molecule has 0 N–H and O–H groups in total. The molecule has 24 heavy (non-hydrogen) atoms. The maximum atomic E-state index is 13.1. The molecule has 2 rings (SSSR count). The van der Waals surface area contributed by atoms with Gasteiger partial charge in [-0.05, 0) is 43.5 Å². The van der Waals surface area contributed by atoms with E-state index in [0.717, 1.165) is 4.47 Å². The van der Waals surface area contributed by atoms with Crippen LogP contribution >= 0.6 is 27.7 Å². The third kappa shape index (κ3) is 4.33. The third-order valence-corrected chi connectivity index (χ3v) is 5.98. The van der Waals surface area contributed by atoms with Gasteiger partial charge in [0.15, 0.2) is 0 Å². The highest BCUT2D eigenvalue weighted by atomic mass is 79.9. The van der Waals surface area contributed by atoms with Crippen LogP contribution in [0.4, 0.5) is 0 Å². The van der Waals surface area contributed by atoms with Crippen molar-refractivity contribution in [3.05, 3.63) is 34.3 Å². The molecule has 0 aromatic heterocycles. The lowest BCUT2D eigenvalue weighted by Crippen LogP contribution is -2.50. The van der Waals surface area contributed by atoms with E-state index in [1.165, 1.54) is 0 Å². The average Bonchev–Trinajstić information content (AvgIpc) is 2.91. The highest BCUT2D eigenvalue weighted by Crippen LogP contribution is 2.41. The lowest BCUT2D eigenvalue weighted by atomic mass is 9.94. The molecule has 0 radical (unpaired) electrons. The fourth-order valence-corrected chi connectivity index (χ4v) is 4.48. The fraction of sp³-hybridized carbons (Fsp3) is 0.556. The summed E-state index contributed by atoms with van der Waals surface area (Å²) in [6.45, 7) is 9.90. The van der Waals surface area contributed by atoms with Crippen LogP contribution in [0.3, 0.4) is 0 Å². The number of thioether (sulfide) groups is 1. The Hall–Kier alpha value is -1.01. The first kappa shape index (κ1) is 19.3. The molecule has 1 aliphatic heterocycles. The Kier molecular flexibility index (Phi) is 6.02. The summed E-state index contributed by atoms with van der Waals surface area (Å²) in [4.78, 5) is 27.3. The maximum Gasteiger partial charge on any atom is 0.330 e. The van der Waals surface area contributed by atoms with E-state index in [1.54, 1.807) is 28.8 Å². The lowest BCUT2D eigenvalue weighted by molar-refractivity contribution is -0.152. The van der Waals surface area contributed by atoms with Gasteiger partial charge in [-0.15, -0.1) is 11.8 Å². The Bertz CT molecular complexity index is 610. The number of benzene rings is 1. The minimum Gasteiger partial charge on any atom is -0.461 e. The average molecular weight is 414 g/mol. The van der Waals surface area contributed by atoms with Gasteiger partial charge in [0.1, 0.15) is 6.04 Å². The predicted octanol–water partition coefficient (Wildman–Crippen LogP) is 4.33. The van der Waals surface area contributed by atoms with E-state index >= 15 is 0 Å². The van der Waals surface area contributed by atoms with Crippen molar-refractivity contribution in [3.8, 4) is 0 Å². The number of nitrogens with zero attached hydrogens (tertiary/aromatic N) is 1. The number of hydrogen-bond acceptors (Lipinski definition) is 4. The van der Waals surface area contributed by atoms with Crippen LogP contribution in [0.5, 0.6) is 0 Å². The van der Waals surface area contributed by atoms with Gasteiger partial charge in [-0.25, -0.2) is 4.79 Å². The lowest BCUT2D eigenvalue weighted by Gasteiger charge is -2.36. The van der Waals surface area contributed by atoms with Crippen molar-refractivity contribution in [3.63, 3.8) is 0 Å². The molecule has 1 aromatic rings. The van der Waals surface area contributed by atoms with Crippen LogP contribution in [0.25, 0.3) is 0 Å². The van der Waals surface area contributed by atoms with Crippen LogP contribution in [0, 0.1) is 5.41 Å². The largest absolute Gasteiger partial charge is 0.461 e. The topological polar surface area (TPSA) is 46.6 Å². The Labute approximate surface area is 156 Å². The van der Waals surface area contributed by atoms with E-state index in [1.807, 2.05) is 26.0 Å². The second kappa shape index (κ2) is 7.48. The van der Waals surface area contributed by atoms with Gasteiger partial charge in [-0.1, -0.05) is 36.7 Å². The van der Waals surface area contributed by atoms with E-state index in [0.29, 0.717) is 11.3 Å². The number of hydrogen-bond donors (Lipinski definition) is 0. The van der Waals surface area contributed by atoms with Crippen LogP contribution < -0.4 is 0 Å². The summed E-state index contributed by atoms with van der Waals surface area (Å²) in [6.07, 6.45) is -0.194. The maximum absolute atomic E-state index is 13.1. The van der Waals surface area contributed by atoms with E-state index in [9.17, 15) is 9.59 Å². The third-order valence-electron chi connectivity index (χ3n) is 3.69. The summed E-state index contributed by atoms with van der Waals surface area (Å²) in [5.74, 6) is 0.114. The highest BCUT2D eigenvalue weighted by molar-refractivity contribution is 9.10. The molecule has 0 spiro atoms. The van der Waals surface area contributed by atoms with Gasteiger partial charge in [0, 0.05) is 15.8 Å². The van der Waals surface area contributed by atoms with Crippen LogP contribution in [-0.4, -0.2) is 40.0 Å².